The Kier molecular flexibility index (Phi) is 5.40. The van der Waals surface area contributed by atoms with Crippen LogP contribution < -0.4 is 4.74 Å². The summed E-state index contributed by atoms with van der Waals surface area (Å²) in [5, 5.41) is 8.85. The van der Waals surface area contributed by atoms with E-state index in [1.165, 1.54) is 0 Å². The third kappa shape index (κ3) is 3.96. The van der Waals surface area contributed by atoms with Gasteiger partial charge in [-0.2, -0.15) is 5.26 Å². The van der Waals surface area contributed by atoms with Crippen molar-refractivity contribution in [2.24, 2.45) is 0 Å². The Morgan fingerprint density at radius 1 is 1.40 bits per heavy atom. The van der Waals surface area contributed by atoms with Crippen molar-refractivity contribution in [2.45, 2.75) is 19.9 Å². The molecule has 108 valence electrons. The lowest BCUT2D eigenvalue weighted by molar-refractivity contribution is 0.0781. The van der Waals surface area contributed by atoms with Gasteiger partial charge in [0.2, 0.25) is 0 Å². The molecular weight excluding hydrogens is 250 g/mol. The van der Waals surface area contributed by atoms with Crippen LogP contribution in [0.5, 0.6) is 5.75 Å². The van der Waals surface area contributed by atoms with Gasteiger partial charge in [0.25, 0.3) is 0 Å². The van der Waals surface area contributed by atoms with Gasteiger partial charge in [0, 0.05) is 32.2 Å². The lowest BCUT2D eigenvalue weighted by Gasteiger charge is -2.39. The van der Waals surface area contributed by atoms with E-state index < -0.39 is 0 Å². The van der Waals surface area contributed by atoms with Crippen LogP contribution in [0, 0.1) is 11.3 Å². The van der Waals surface area contributed by atoms with Gasteiger partial charge in [-0.05, 0) is 31.7 Å². The molecule has 0 amide bonds. The fraction of sp³-hybridized carbons (Fsp3) is 0.562. The van der Waals surface area contributed by atoms with E-state index in [9.17, 15) is 0 Å². The minimum atomic E-state index is 0.621. The molecule has 1 heterocycles. The monoisotopic (exact) mass is 273 g/mol. The molecule has 20 heavy (non-hydrogen) atoms. The molecule has 1 aromatic rings. The number of nitrogens with zero attached hydrogens (tertiary/aromatic N) is 3. The van der Waals surface area contributed by atoms with E-state index in [-0.39, 0.29) is 0 Å². The van der Waals surface area contributed by atoms with Gasteiger partial charge in [-0.15, -0.1) is 0 Å². The molecule has 1 unspecified atom stereocenters. The number of nitriles is 1. The van der Waals surface area contributed by atoms with Crippen molar-refractivity contribution in [2.75, 3.05) is 39.3 Å². The van der Waals surface area contributed by atoms with Gasteiger partial charge >= 0.3 is 0 Å². The molecule has 1 aliphatic rings. The van der Waals surface area contributed by atoms with Crippen molar-refractivity contribution in [3.05, 3.63) is 29.8 Å². The predicted octanol–water partition coefficient (Wildman–Crippen LogP) is 1.96. The summed E-state index contributed by atoms with van der Waals surface area (Å²) in [4.78, 5) is 4.96. The van der Waals surface area contributed by atoms with Gasteiger partial charge in [-0.1, -0.05) is 13.0 Å². The maximum absolute atomic E-state index is 8.85. The van der Waals surface area contributed by atoms with E-state index in [4.69, 9.17) is 10.00 Å². The molecule has 1 fully saturated rings. The fourth-order valence-electron chi connectivity index (χ4n) is 2.69. The summed E-state index contributed by atoms with van der Waals surface area (Å²) >= 11 is 0. The second kappa shape index (κ2) is 7.28. The number of hydrogen-bond acceptors (Lipinski definition) is 4. The summed E-state index contributed by atoms with van der Waals surface area (Å²) in [5.74, 6) is 0.782. The molecule has 0 aromatic heterocycles. The van der Waals surface area contributed by atoms with Gasteiger partial charge in [0.05, 0.1) is 11.6 Å². The topological polar surface area (TPSA) is 39.5 Å². The Morgan fingerprint density at radius 3 is 2.95 bits per heavy atom. The molecule has 0 saturated carbocycles. The largest absolute Gasteiger partial charge is 0.492 e. The van der Waals surface area contributed by atoms with E-state index in [0.29, 0.717) is 18.2 Å². The molecule has 4 heteroatoms. The molecule has 0 N–H and O–H groups in total. The molecule has 0 bridgehead atoms. The molecule has 2 rings (SSSR count). The van der Waals surface area contributed by atoms with Crippen LogP contribution in [-0.4, -0.2) is 55.2 Å². The van der Waals surface area contributed by atoms with E-state index in [0.717, 1.165) is 38.5 Å². The van der Waals surface area contributed by atoms with Crippen LogP contribution >= 0.6 is 0 Å². The summed E-state index contributed by atoms with van der Waals surface area (Å²) in [6.45, 7) is 10.6. The predicted molar refractivity (Wildman–Crippen MR) is 79.8 cm³/mol. The maximum Gasteiger partial charge on any atom is 0.120 e. The maximum atomic E-state index is 8.85. The Morgan fingerprint density at radius 2 is 2.25 bits per heavy atom. The summed E-state index contributed by atoms with van der Waals surface area (Å²) < 4.78 is 5.73. The summed E-state index contributed by atoms with van der Waals surface area (Å²) in [6, 6.07) is 10.1. The second-order valence-electron chi connectivity index (χ2n) is 5.27. The summed E-state index contributed by atoms with van der Waals surface area (Å²) in [7, 11) is 0. The molecule has 1 aromatic carbocycles. The highest BCUT2D eigenvalue weighted by molar-refractivity contribution is 5.36. The smallest absolute Gasteiger partial charge is 0.120 e. The zero-order valence-corrected chi connectivity index (χ0v) is 12.4. The van der Waals surface area contributed by atoms with Crippen LogP contribution in [0.3, 0.4) is 0 Å². The SMILES string of the molecule is CCN1CCN(CCOc2cccc(C#N)c2)CC1C. The molecule has 1 aliphatic heterocycles. The molecule has 4 nitrogen and oxygen atoms in total. The molecule has 0 aliphatic carbocycles. The molecule has 1 saturated heterocycles. The van der Waals surface area contributed by atoms with Gasteiger partial charge < -0.3 is 4.74 Å². The quantitative estimate of drug-likeness (QED) is 0.822. The molecular formula is C16H23N3O. The van der Waals surface area contributed by atoms with Crippen LogP contribution in [0.15, 0.2) is 24.3 Å². The zero-order valence-electron chi connectivity index (χ0n) is 12.4. The van der Waals surface area contributed by atoms with Gasteiger partial charge in [-0.25, -0.2) is 0 Å². The first-order chi connectivity index (χ1) is 9.72. The highest BCUT2D eigenvalue weighted by Crippen LogP contribution is 2.13. The number of rotatable bonds is 5. The van der Waals surface area contributed by atoms with Crippen LogP contribution in [0.2, 0.25) is 0 Å². The fourth-order valence-corrected chi connectivity index (χ4v) is 2.69. The zero-order chi connectivity index (χ0) is 14.4. The number of piperazine rings is 1. The summed E-state index contributed by atoms with van der Waals surface area (Å²) in [5.41, 5.74) is 0.646. The number of benzene rings is 1. The Hall–Kier alpha value is -1.57. The van der Waals surface area contributed by atoms with Gasteiger partial charge in [0.15, 0.2) is 0 Å². The average molecular weight is 273 g/mol. The van der Waals surface area contributed by atoms with Crippen molar-refractivity contribution in [3.63, 3.8) is 0 Å². The minimum Gasteiger partial charge on any atom is -0.492 e. The van der Waals surface area contributed by atoms with Crippen molar-refractivity contribution in [3.8, 4) is 11.8 Å². The lowest BCUT2D eigenvalue weighted by atomic mass is 10.2. The van der Waals surface area contributed by atoms with Crippen molar-refractivity contribution < 1.29 is 4.74 Å². The van der Waals surface area contributed by atoms with Crippen LogP contribution in [0.4, 0.5) is 0 Å². The van der Waals surface area contributed by atoms with E-state index in [1.807, 2.05) is 12.1 Å². The molecule has 0 radical (unpaired) electrons. The normalized spacial score (nSPS) is 20.6. The average Bonchev–Trinajstić information content (AvgIpc) is 2.48. The lowest BCUT2D eigenvalue weighted by Crippen LogP contribution is -2.52. The Bertz CT molecular complexity index is 469. The van der Waals surface area contributed by atoms with Crippen molar-refractivity contribution in [1.29, 1.82) is 5.26 Å². The first-order valence-corrected chi connectivity index (χ1v) is 7.32. The molecule has 0 spiro atoms. The van der Waals surface area contributed by atoms with Crippen LogP contribution in [-0.2, 0) is 0 Å². The third-order valence-corrected chi connectivity index (χ3v) is 3.89. The first kappa shape index (κ1) is 14.8. The van der Waals surface area contributed by atoms with E-state index >= 15 is 0 Å². The summed E-state index contributed by atoms with van der Waals surface area (Å²) in [6.07, 6.45) is 0. The van der Waals surface area contributed by atoms with Gasteiger partial charge in [-0.3, -0.25) is 9.80 Å². The minimum absolute atomic E-state index is 0.621. The van der Waals surface area contributed by atoms with E-state index in [1.54, 1.807) is 12.1 Å². The highest BCUT2D eigenvalue weighted by atomic mass is 16.5. The van der Waals surface area contributed by atoms with Crippen molar-refractivity contribution >= 4 is 0 Å². The van der Waals surface area contributed by atoms with Crippen molar-refractivity contribution in [1.82, 2.24) is 9.80 Å². The standard InChI is InChI=1S/C16H23N3O/c1-3-19-8-7-18(13-14(19)2)9-10-20-16-6-4-5-15(11-16)12-17/h4-6,11,14H,3,7-10,13H2,1-2H3. The highest BCUT2D eigenvalue weighted by Gasteiger charge is 2.21. The van der Waals surface area contributed by atoms with E-state index in [2.05, 4.69) is 29.7 Å². The Balaban J connectivity index is 1.75. The number of likely N-dealkylation sites (N-methyl/N-ethyl adjacent to an activating group) is 1. The molecule has 1 atom stereocenters. The second-order valence-corrected chi connectivity index (χ2v) is 5.27. The first-order valence-electron chi connectivity index (χ1n) is 7.32. The van der Waals surface area contributed by atoms with Crippen LogP contribution in [0.25, 0.3) is 0 Å². The Labute approximate surface area is 121 Å². The van der Waals surface area contributed by atoms with Gasteiger partial charge in [0.1, 0.15) is 12.4 Å². The number of ether oxygens (including phenoxy) is 1. The van der Waals surface area contributed by atoms with Crippen LogP contribution in [0.1, 0.15) is 19.4 Å². The third-order valence-electron chi connectivity index (χ3n) is 3.89. The number of hydrogen-bond donors (Lipinski definition) is 0.